The third kappa shape index (κ3) is 1.42. The van der Waals surface area contributed by atoms with E-state index in [1.54, 1.807) is 0 Å². The predicted molar refractivity (Wildman–Crippen MR) is 61.7 cm³/mol. The molecule has 0 radical (unpaired) electrons. The van der Waals surface area contributed by atoms with Crippen molar-refractivity contribution < 1.29 is 0 Å². The normalized spacial score (nSPS) is 20.6. The average molecular weight is 270 g/mol. The van der Waals surface area contributed by atoms with Crippen LogP contribution in [0.4, 0.5) is 0 Å². The zero-order chi connectivity index (χ0) is 8.39. The first-order valence-corrected chi connectivity index (χ1v) is 5.76. The van der Waals surface area contributed by atoms with Crippen molar-refractivity contribution in [2.24, 2.45) is 0 Å². The molecule has 12 heavy (non-hydrogen) atoms. The van der Waals surface area contributed by atoms with Crippen LogP contribution >= 0.6 is 22.6 Å². The van der Waals surface area contributed by atoms with E-state index in [4.69, 9.17) is 0 Å². The van der Waals surface area contributed by atoms with Gasteiger partial charge in [-0.3, -0.25) is 0 Å². The topological polar surface area (TPSA) is 0 Å². The first kappa shape index (κ1) is 8.30. The number of hydrogen-bond donors (Lipinski definition) is 0. The van der Waals surface area contributed by atoms with Crippen molar-refractivity contribution in [2.45, 2.75) is 12.3 Å². The highest BCUT2D eigenvalue weighted by Gasteiger charge is 2.14. The molecule has 1 heteroatoms. The van der Waals surface area contributed by atoms with Gasteiger partial charge in [0.1, 0.15) is 0 Å². The van der Waals surface area contributed by atoms with Crippen molar-refractivity contribution in [3.05, 3.63) is 41.5 Å². The van der Waals surface area contributed by atoms with Crippen molar-refractivity contribution in [2.75, 3.05) is 4.43 Å². The zero-order valence-electron chi connectivity index (χ0n) is 6.83. The second-order valence-electron chi connectivity index (χ2n) is 3.12. The Bertz CT molecular complexity index is 302. The van der Waals surface area contributed by atoms with Crippen molar-refractivity contribution in [3.63, 3.8) is 0 Å². The summed E-state index contributed by atoms with van der Waals surface area (Å²) in [4.78, 5) is 0. The highest BCUT2D eigenvalue weighted by atomic mass is 127. The average Bonchev–Trinajstić information content (AvgIpc) is 2.17. The van der Waals surface area contributed by atoms with Gasteiger partial charge in [0, 0.05) is 4.43 Å². The quantitative estimate of drug-likeness (QED) is 0.540. The molecule has 0 aromatic heterocycles. The molecule has 2 rings (SSSR count). The van der Waals surface area contributed by atoms with E-state index in [1.807, 2.05) is 0 Å². The molecule has 62 valence electrons. The SMILES string of the molecule is ICC1CC=Cc2ccccc21. The van der Waals surface area contributed by atoms with Crippen LogP contribution in [-0.2, 0) is 0 Å². The molecule has 0 saturated heterocycles. The molecule has 0 spiro atoms. The minimum atomic E-state index is 0.742. The van der Waals surface area contributed by atoms with Gasteiger partial charge in [-0.25, -0.2) is 0 Å². The fraction of sp³-hybridized carbons (Fsp3) is 0.273. The summed E-state index contributed by atoms with van der Waals surface area (Å²) in [7, 11) is 0. The van der Waals surface area contributed by atoms with Gasteiger partial charge in [-0.15, -0.1) is 0 Å². The first-order valence-electron chi connectivity index (χ1n) is 4.23. The van der Waals surface area contributed by atoms with Crippen LogP contribution in [0.2, 0.25) is 0 Å². The molecule has 1 unspecified atom stereocenters. The molecule has 0 fully saturated rings. The minimum Gasteiger partial charge on any atom is -0.0857 e. The van der Waals surface area contributed by atoms with E-state index in [0.717, 1.165) is 5.92 Å². The first-order chi connectivity index (χ1) is 5.92. The lowest BCUT2D eigenvalue weighted by atomic mass is 9.89. The monoisotopic (exact) mass is 270 g/mol. The van der Waals surface area contributed by atoms with Gasteiger partial charge in [-0.1, -0.05) is 59.0 Å². The van der Waals surface area contributed by atoms with Gasteiger partial charge < -0.3 is 0 Å². The van der Waals surface area contributed by atoms with Gasteiger partial charge in [0.25, 0.3) is 0 Å². The lowest BCUT2D eigenvalue weighted by Gasteiger charge is -2.18. The number of halogens is 1. The fourth-order valence-corrected chi connectivity index (χ4v) is 2.50. The molecule has 0 N–H and O–H groups in total. The van der Waals surface area contributed by atoms with Gasteiger partial charge in [-0.2, -0.15) is 0 Å². The molecule has 1 aromatic rings. The number of alkyl halides is 1. The zero-order valence-corrected chi connectivity index (χ0v) is 8.99. The maximum Gasteiger partial charge on any atom is 0.00674 e. The highest BCUT2D eigenvalue weighted by Crippen LogP contribution is 2.30. The molecular weight excluding hydrogens is 259 g/mol. The lowest BCUT2D eigenvalue weighted by molar-refractivity contribution is 0.795. The molecule has 1 aliphatic rings. The summed E-state index contributed by atoms with van der Waals surface area (Å²) in [6.07, 6.45) is 5.73. The van der Waals surface area contributed by atoms with Gasteiger partial charge in [0.15, 0.2) is 0 Å². The fourth-order valence-electron chi connectivity index (χ4n) is 1.67. The maximum atomic E-state index is 2.47. The Morgan fingerprint density at radius 2 is 2.17 bits per heavy atom. The summed E-state index contributed by atoms with van der Waals surface area (Å²) in [5, 5.41) is 0. The second kappa shape index (κ2) is 3.60. The van der Waals surface area contributed by atoms with E-state index >= 15 is 0 Å². The Labute approximate surface area is 86.8 Å². The van der Waals surface area contributed by atoms with E-state index in [2.05, 4.69) is 59.0 Å². The van der Waals surface area contributed by atoms with Gasteiger partial charge in [0.2, 0.25) is 0 Å². The number of hydrogen-bond acceptors (Lipinski definition) is 0. The minimum absolute atomic E-state index is 0.742. The Kier molecular flexibility index (Phi) is 2.49. The molecule has 0 heterocycles. The largest absolute Gasteiger partial charge is 0.0857 e. The van der Waals surface area contributed by atoms with Crippen molar-refractivity contribution >= 4 is 28.7 Å². The standard InChI is InChI=1S/C11H11I/c12-8-10-6-3-5-9-4-1-2-7-11(9)10/h1-5,7,10H,6,8H2. The molecule has 1 aromatic carbocycles. The number of allylic oxidation sites excluding steroid dienone is 1. The van der Waals surface area contributed by atoms with E-state index < -0.39 is 0 Å². The van der Waals surface area contributed by atoms with Gasteiger partial charge in [0.05, 0.1) is 0 Å². The number of benzene rings is 1. The molecule has 0 saturated carbocycles. The van der Waals surface area contributed by atoms with Crippen LogP contribution in [0.25, 0.3) is 6.08 Å². The molecule has 0 nitrogen and oxygen atoms in total. The Morgan fingerprint density at radius 3 is 3.00 bits per heavy atom. The van der Waals surface area contributed by atoms with E-state index in [0.29, 0.717) is 0 Å². The predicted octanol–water partition coefficient (Wildman–Crippen LogP) is 3.62. The molecule has 1 atom stereocenters. The van der Waals surface area contributed by atoms with Crippen molar-refractivity contribution in [3.8, 4) is 0 Å². The number of fused-ring (bicyclic) bond motifs is 1. The summed E-state index contributed by atoms with van der Waals surface area (Å²) in [6.45, 7) is 0. The molecule has 0 amide bonds. The highest BCUT2D eigenvalue weighted by molar-refractivity contribution is 14.1. The molecule has 0 bridgehead atoms. The summed E-state index contributed by atoms with van der Waals surface area (Å²) >= 11 is 2.47. The van der Waals surface area contributed by atoms with Crippen LogP contribution in [0.15, 0.2) is 30.3 Å². The van der Waals surface area contributed by atoms with E-state index in [1.165, 1.54) is 22.0 Å². The summed E-state index contributed by atoms with van der Waals surface area (Å²) < 4.78 is 1.22. The van der Waals surface area contributed by atoms with Crippen LogP contribution < -0.4 is 0 Å². The third-order valence-corrected chi connectivity index (χ3v) is 3.40. The van der Waals surface area contributed by atoms with E-state index in [-0.39, 0.29) is 0 Å². The van der Waals surface area contributed by atoms with Crippen LogP contribution in [0.3, 0.4) is 0 Å². The Hall–Kier alpha value is -0.310. The van der Waals surface area contributed by atoms with Gasteiger partial charge >= 0.3 is 0 Å². The van der Waals surface area contributed by atoms with Crippen LogP contribution in [-0.4, -0.2) is 4.43 Å². The summed E-state index contributed by atoms with van der Waals surface area (Å²) in [5.41, 5.74) is 2.93. The van der Waals surface area contributed by atoms with Crippen molar-refractivity contribution in [1.29, 1.82) is 0 Å². The maximum absolute atomic E-state index is 2.47. The summed E-state index contributed by atoms with van der Waals surface area (Å²) in [6, 6.07) is 8.70. The van der Waals surface area contributed by atoms with Gasteiger partial charge in [-0.05, 0) is 23.5 Å². The molecule has 0 aliphatic heterocycles. The Morgan fingerprint density at radius 1 is 1.33 bits per heavy atom. The van der Waals surface area contributed by atoms with Crippen molar-refractivity contribution in [1.82, 2.24) is 0 Å². The smallest absolute Gasteiger partial charge is 0.00674 e. The molecular formula is C11H11I. The van der Waals surface area contributed by atoms with Crippen LogP contribution in [0.1, 0.15) is 23.5 Å². The second-order valence-corrected chi connectivity index (χ2v) is 4.00. The summed E-state index contributed by atoms with van der Waals surface area (Å²) in [5.74, 6) is 0.742. The third-order valence-electron chi connectivity index (χ3n) is 2.34. The van der Waals surface area contributed by atoms with Crippen LogP contribution in [0.5, 0.6) is 0 Å². The Balaban J connectivity index is 2.45. The molecule has 1 aliphatic carbocycles. The lowest BCUT2D eigenvalue weighted by Crippen LogP contribution is -2.04. The van der Waals surface area contributed by atoms with E-state index in [9.17, 15) is 0 Å². The van der Waals surface area contributed by atoms with Crippen LogP contribution in [0, 0.1) is 0 Å². The number of rotatable bonds is 1.